The summed E-state index contributed by atoms with van der Waals surface area (Å²) in [5, 5.41) is 4.96. The number of oxazole rings is 1. The minimum absolute atomic E-state index is 0.639. The van der Waals surface area contributed by atoms with Crippen LogP contribution in [0.25, 0.3) is 71.9 Å². The largest absolute Gasteiger partial charge is 0.436 e. The Bertz CT molecular complexity index is 2060. The first-order chi connectivity index (χ1) is 18.8. The lowest BCUT2D eigenvalue weighted by molar-refractivity contribution is 0.620. The van der Waals surface area contributed by atoms with Gasteiger partial charge >= 0.3 is 0 Å². The average molecular weight is 487 g/mol. The van der Waals surface area contributed by atoms with Crippen LogP contribution in [0.4, 0.5) is 0 Å². The van der Waals surface area contributed by atoms with Gasteiger partial charge in [-0.15, -0.1) is 0 Å². The van der Waals surface area contributed by atoms with Gasteiger partial charge in [-0.3, -0.25) is 0 Å². The maximum Gasteiger partial charge on any atom is 0.227 e. The normalized spacial score (nSPS) is 11.7. The second-order valence-corrected chi connectivity index (χ2v) is 9.65. The Hall–Kier alpha value is -5.15. The lowest BCUT2D eigenvalue weighted by atomic mass is 9.98. The van der Waals surface area contributed by atoms with Crippen molar-refractivity contribution >= 4 is 43.7 Å². The molecule has 8 rings (SSSR count). The topological polar surface area (TPSA) is 31.0 Å². The van der Waals surface area contributed by atoms with Crippen molar-refractivity contribution in [1.29, 1.82) is 0 Å². The second kappa shape index (κ2) is 8.19. The predicted molar refractivity (Wildman–Crippen MR) is 157 cm³/mol. The number of aromatic nitrogens is 2. The third-order valence-corrected chi connectivity index (χ3v) is 7.42. The highest BCUT2D eigenvalue weighted by Gasteiger charge is 2.14. The number of rotatable bonds is 3. The van der Waals surface area contributed by atoms with E-state index in [9.17, 15) is 0 Å². The van der Waals surface area contributed by atoms with Gasteiger partial charge in [-0.05, 0) is 65.0 Å². The summed E-state index contributed by atoms with van der Waals surface area (Å²) < 4.78 is 8.44. The summed E-state index contributed by atoms with van der Waals surface area (Å²) in [6.45, 7) is 0. The van der Waals surface area contributed by atoms with Gasteiger partial charge in [-0.25, -0.2) is 4.98 Å². The molecule has 2 aromatic heterocycles. The van der Waals surface area contributed by atoms with E-state index in [1.807, 2.05) is 24.3 Å². The summed E-state index contributed by atoms with van der Waals surface area (Å²) in [7, 11) is 0. The third kappa shape index (κ3) is 3.19. The molecule has 178 valence electrons. The first-order valence-corrected chi connectivity index (χ1v) is 12.8. The third-order valence-electron chi connectivity index (χ3n) is 7.42. The summed E-state index contributed by atoms with van der Waals surface area (Å²) in [6, 6.07) is 46.9. The van der Waals surface area contributed by atoms with E-state index in [4.69, 9.17) is 9.40 Å². The number of para-hydroxylation sites is 4. The van der Waals surface area contributed by atoms with Crippen LogP contribution >= 0.6 is 0 Å². The summed E-state index contributed by atoms with van der Waals surface area (Å²) in [5.74, 6) is 0.639. The highest BCUT2D eigenvalue weighted by Crippen LogP contribution is 2.36. The zero-order valence-electron chi connectivity index (χ0n) is 20.5. The Labute approximate surface area is 219 Å². The molecule has 0 aliphatic rings. The van der Waals surface area contributed by atoms with Gasteiger partial charge in [0.25, 0.3) is 0 Å². The van der Waals surface area contributed by atoms with Gasteiger partial charge in [0.2, 0.25) is 5.89 Å². The van der Waals surface area contributed by atoms with Gasteiger partial charge in [0.1, 0.15) is 5.52 Å². The van der Waals surface area contributed by atoms with E-state index < -0.39 is 0 Å². The van der Waals surface area contributed by atoms with E-state index in [-0.39, 0.29) is 0 Å². The van der Waals surface area contributed by atoms with Gasteiger partial charge in [0.15, 0.2) is 5.58 Å². The van der Waals surface area contributed by atoms with Crippen LogP contribution in [0, 0.1) is 0 Å². The first kappa shape index (κ1) is 21.0. The molecule has 0 amide bonds. The zero-order valence-corrected chi connectivity index (χ0v) is 20.5. The van der Waals surface area contributed by atoms with Crippen molar-refractivity contribution in [1.82, 2.24) is 9.55 Å². The van der Waals surface area contributed by atoms with Gasteiger partial charge in [-0.1, -0.05) is 84.9 Å². The maximum atomic E-state index is 6.05. The zero-order chi connectivity index (χ0) is 25.1. The molecular formula is C35H22N2O. The molecule has 0 fully saturated rings. The van der Waals surface area contributed by atoms with Crippen LogP contribution in [0.15, 0.2) is 138 Å². The van der Waals surface area contributed by atoms with Crippen LogP contribution in [0.1, 0.15) is 0 Å². The molecule has 0 spiro atoms. The lowest BCUT2D eigenvalue weighted by Crippen LogP contribution is -1.95. The number of fused-ring (bicyclic) bond motifs is 5. The Morgan fingerprint density at radius 1 is 0.500 bits per heavy atom. The van der Waals surface area contributed by atoms with Crippen LogP contribution in [0.5, 0.6) is 0 Å². The molecule has 0 saturated heterocycles. The molecule has 0 bridgehead atoms. The molecule has 0 unspecified atom stereocenters. The fraction of sp³-hybridized carbons (Fsp3) is 0. The van der Waals surface area contributed by atoms with E-state index in [0.29, 0.717) is 5.89 Å². The van der Waals surface area contributed by atoms with Crippen LogP contribution in [-0.4, -0.2) is 9.55 Å². The van der Waals surface area contributed by atoms with Crippen molar-refractivity contribution < 1.29 is 4.42 Å². The molecule has 8 aromatic rings. The molecule has 2 heterocycles. The quantitative estimate of drug-likeness (QED) is 0.249. The van der Waals surface area contributed by atoms with Crippen LogP contribution in [0.2, 0.25) is 0 Å². The molecule has 0 aliphatic heterocycles. The Morgan fingerprint density at radius 2 is 1.18 bits per heavy atom. The minimum Gasteiger partial charge on any atom is -0.436 e. The van der Waals surface area contributed by atoms with Gasteiger partial charge < -0.3 is 8.98 Å². The fourth-order valence-corrected chi connectivity index (χ4v) is 5.64. The minimum atomic E-state index is 0.639. The maximum absolute atomic E-state index is 6.05. The highest BCUT2D eigenvalue weighted by atomic mass is 16.3. The summed E-state index contributed by atoms with van der Waals surface area (Å²) >= 11 is 0. The highest BCUT2D eigenvalue weighted by molar-refractivity contribution is 6.10. The number of benzene rings is 6. The fourth-order valence-electron chi connectivity index (χ4n) is 5.64. The second-order valence-electron chi connectivity index (χ2n) is 9.65. The van der Waals surface area contributed by atoms with Crippen LogP contribution in [0.3, 0.4) is 0 Å². The molecule has 3 heteroatoms. The average Bonchev–Trinajstić information content (AvgIpc) is 3.56. The molecule has 0 atom stereocenters. The van der Waals surface area contributed by atoms with E-state index in [1.54, 1.807) is 0 Å². The molecular weight excluding hydrogens is 464 g/mol. The van der Waals surface area contributed by atoms with Crippen LogP contribution in [-0.2, 0) is 0 Å². The van der Waals surface area contributed by atoms with Gasteiger partial charge in [-0.2, -0.15) is 0 Å². The van der Waals surface area contributed by atoms with E-state index in [0.717, 1.165) is 27.8 Å². The van der Waals surface area contributed by atoms with E-state index in [1.165, 1.54) is 38.3 Å². The lowest BCUT2D eigenvalue weighted by Gasteiger charge is -2.13. The van der Waals surface area contributed by atoms with Crippen molar-refractivity contribution in [3.63, 3.8) is 0 Å². The Kier molecular flexibility index (Phi) is 4.52. The monoisotopic (exact) mass is 486 g/mol. The van der Waals surface area contributed by atoms with Gasteiger partial charge in [0, 0.05) is 21.7 Å². The summed E-state index contributed by atoms with van der Waals surface area (Å²) in [4.78, 5) is 4.70. The van der Waals surface area contributed by atoms with Crippen LogP contribution < -0.4 is 0 Å². The standard InChI is InChI=1S/C35H22N2O/c1-4-15-31-27(12-1)28-13-2-5-16-32(28)37(31)33-17-8-9-23-19-20-25(22-29(23)33)24-10-7-11-26(21-24)35-36-30-14-3-6-18-34(30)38-35/h1-22H. The van der Waals surface area contributed by atoms with Crippen molar-refractivity contribution in [2.24, 2.45) is 0 Å². The van der Waals surface area contributed by atoms with Crippen molar-refractivity contribution in [2.45, 2.75) is 0 Å². The predicted octanol–water partition coefficient (Wildman–Crippen LogP) is 9.41. The summed E-state index contributed by atoms with van der Waals surface area (Å²) in [6.07, 6.45) is 0. The Balaban J connectivity index is 1.32. The van der Waals surface area contributed by atoms with Crippen molar-refractivity contribution in [2.75, 3.05) is 0 Å². The molecule has 3 nitrogen and oxygen atoms in total. The number of hydrogen-bond donors (Lipinski definition) is 0. The SMILES string of the molecule is c1cc(-c2ccc3cccc(-n4c5ccccc5c5ccccc54)c3c2)cc(-c2nc3ccccc3o2)c1. The van der Waals surface area contributed by atoms with E-state index >= 15 is 0 Å². The van der Waals surface area contributed by atoms with Crippen molar-refractivity contribution in [3.8, 4) is 28.3 Å². The molecule has 0 aliphatic carbocycles. The molecule has 0 saturated carbocycles. The molecule has 38 heavy (non-hydrogen) atoms. The molecule has 6 aromatic carbocycles. The first-order valence-electron chi connectivity index (χ1n) is 12.8. The summed E-state index contributed by atoms with van der Waals surface area (Å²) in [5.41, 5.74) is 8.52. The number of nitrogens with zero attached hydrogens (tertiary/aromatic N) is 2. The molecule has 0 radical (unpaired) electrons. The van der Waals surface area contributed by atoms with Gasteiger partial charge in [0.05, 0.1) is 16.7 Å². The smallest absolute Gasteiger partial charge is 0.227 e. The Morgan fingerprint density at radius 3 is 2.00 bits per heavy atom. The number of hydrogen-bond acceptors (Lipinski definition) is 2. The van der Waals surface area contributed by atoms with E-state index in [2.05, 4.69) is 114 Å². The van der Waals surface area contributed by atoms with Crippen molar-refractivity contribution in [3.05, 3.63) is 133 Å². The molecule has 0 N–H and O–H groups in total.